The maximum Gasteiger partial charge on any atom is 0.392 e. The van der Waals surface area contributed by atoms with E-state index in [2.05, 4.69) is 26.1 Å². The molecule has 0 aromatic carbocycles. The van der Waals surface area contributed by atoms with Gasteiger partial charge in [-0.15, -0.1) is 0 Å². The van der Waals surface area contributed by atoms with E-state index in [1.165, 1.54) is 0 Å². The highest BCUT2D eigenvalue weighted by molar-refractivity contribution is 4.91. The van der Waals surface area contributed by atoms with Crippen molar-refractivity contribution < 1.29 is 13.2 Å². The second kappa shape index (κ2) is 8.26. The van der Waals surface area contributed by atoms with Crippen LogP contribution in [0.25, 0.3) is 0 Å². The highest BCUT2D eigenvalue weighted by Gasteiger charge is 2.48. The summed E-state index contributed by atoms with van der Waals surface area (Å²) in [5.41, 5.74) is 0. The fraction of sp³-hybridized carbons (Fsp3) is 1.00. The molecule has 0 saturated heterocycles. The molecule has 3 atom stereocenters. The minimum atomic E-state index is -4.04. The van der Waals surface area contributed by atoms with Crippen LogP contribution in [0.2, 0.25) is 0 Å². The molecule has 3 unspecified atom stereocenters. The van der Waals surface area contributed by atoms with Crippen molar-refractivity contribution in [2.75, 3.05) is 6.54 Å². The molecule has 0 aliphatic heterocycles. The monoisotopic (exact) mass is 293 g/mol. The van der Waals surface area contributed by atoms with Gasteiger partial charge in [-0.3, -0.25) is 0 Å². The molecule has 20 heavy (non-hydrogen) atoms. The average molecular weight is 293 g/mol. The highest BCUT2D eigenvalue weighted by atomic mass is 19.4. The smallest absolute Gasteiger partial charge is 0.313 e. The van der Waals surface area contributed by atoms with Crippen molar-refractivity contribution in [1.29, 1.82) is 0 Å². The van der Waals surface area contributed by atoms with E-state index >= 15 is 0 Å². The molecule has 0 spiro atoms. The summed E-state index contributed by atoms with van der Waals surface area (Å²) >= 11 is 0. The van der Waals surface area contributed by atoms with Gasteiger partial charge in [-0.25, -0.2) is 0 Å². The summed E-state index contributed by atoms with van der Waals surface area (Å²) in [7, 11) is 0. The SMILES string of the molecule is CCCNC(C(CC)CC)C1CCCCC1C(F)(F)F. The molecule has 0 amide bonds. The van der Waals surface area contributed by atoms with Crippen molar-refractivity contribution in [2.45, 2.75) is 77.9 Å². The molecule has 1 aliphatic rings. The average Bonchev–Trinajstić information content (AvgIpc) is 2.42. The third kappa shape index (κ3) is 4.64. The van der Waals surface area contributed by atoms with Gasteiger partial charge in [0.1, 0.15) is 0 Å². The minimum Gasteiger partial charge on any atom is -0.313 e. The number of nitrogens with one attached hydrogen (secondary N) is 1. The molecule has 0 heterocycles. The lowest BCUT2D eigenvalue weighted by Gasteiger charge is -2.41. The minimum absolute atomic E-state index is 0.0249. The van der Waals surface area contributed by atoms with Crippen LogP contribution in [-0.2, 0) is 0 Å². The quantitative estimate of drug-likeness (QED) is 0.683. The van der Waals surface area contributed by atoms with Crippen molar-refractivity contribution in [3.63, 3.8) is 0 Å². The molecule has 4 heteroatoms. The van der Waals surface area contributed by atoms with Gasteiger partial charge in [0.15, 0.2) is 0 Å². The van der Waals surface area contributed by atoms with Gasteiger partial charge in [-0.05, 0) is 37.6 Å². The Balaban J connectivity index is 2.89. The third-order valence-electron chi connectivity index (χ3n) is 4.89. The first-order valence-electron chi connectivity index (χ1n) is 8.25. The maximum absolute atomic E-state index is 13.3. The largest absolute Gasteiger partial charge is 0.392 e. The van der Waals surface area contributed by atoms with Crippen LogP contribution in [0, 0.1) is 17.8 Å². The second-order valence-corrected chi connectivity index (χ2v) is 6.15. The van der Waals surface area contributed by atoms with Gasteiger partial charge in [0.25, 0.3) is 0 Å². The molecule has 0 bridgehead atoms. The van der Waals surface area contributed by atoms with E-state index in [1.54, 1.807) is 0 Å². The van der Waals surface area contributed by atoms with Crippen molar-refractivity contribution in [3.8, 4) is 0 Å². The van der Waals surface area contributed by atoms with Gasteiger partial charge >= 0.3 is 6.18 Å². The zero-order valence-electron chi connectivity index (χ0n) is 13.1. The summed E-state index contributed by atoms with van der Waals surface area (Å²) in [6.45, 7) is 7.09. The first-order valence-corrected chi connectivity index (χ1v) is 8.25. The lowest BCUT2D eigenvalue weighted by Crippen LogP contribution is -2.49. The Morgan fingerprint density at radius 2 is 1.65 bits per heavy atom. The van der Waals surface area contributed by atoms with Gasteiger partial charge in [-0.1, -0.05) is 46.5 Å². The van der Waals surface area contributed by atoms with Crippen LogP contribution in [-0.4, -0.2) is 18.8 Å². The lowest BCUT2D eigenvalue weighted by atomic mass is 9.70. The van der Waals surface area contributed by atoms with Crippen LogP contribution >= 0.6 is 0 Å². The summed E-state index contributed by atoms with van der Waals surface area (Å²) in [6.07, 6.45) is 1.56. The van der Waals surface area contributed by atoms with E-state index in [0.717, 1.165) is 45.1 Å². The van der Waals surface area contributed by atoms with E-state index < -0.39 is 12.1 Å². The molecule has 1 aliphatic carbocycles. The molecular formula is C16H30F3N. The first-order chi connectivity index (χ1) is 9.45. The predicted molar refractivity (Wildman–Crippen MR) is 77.7 cm³/mol. The van der Waals surface area contributed by atoms with Crippen LogP contribution < -0.4 is 5.32 Å². The molecule has 1 saturated carbocycles. The summed E-state index contributed by atoms with van der Waals surface area (Å²) < 4.78 is 40.0. The van der Waals surface area contributed by atoms with Crippen molar-refractivity contribution in [2.24, 2.45) is 17.8 Å². The molecule has 1 N–H and O–H groups in total. The molecule has 1 rings (SSSR count). The Morgan fingerprint density at radius 1 is 1.05 bits per heavy atom. The molecule has 0 aromatic heterocycles. The highest BCUT2D eigenvalue weighted by Crippen LogP contribution is 2.44. The molecule has 1 fully saturated rings. The van der Waals surface area contributed by atoms with E-state index in [-0.39, 0.29) is 12.0 Å². The summed E-state index contributed by atoms with van der Waals surface area (Å²) in [5.74, 6) is -0.985. The number of halogens is 3. The van der Waals surface area contributed by atoms with Gasteiger partial charge in [0.2, 0.25) is 0 Å². The Labute approximate surface area is 121 Å². The summed E-state index contributed by atoms with van der Waals surface area (Å²) in [5, 5.41) is 3.44. The molecule has 0 aromatic rings. The van der Waals surface area contributed by atoms with E-state index in [0.29, 0.717) is 12.3 Å². The lowest BCUT2D eigenvalue weighted by molar-refractivity contribution is -0.201. The zero-order valence-corrected chi connectivity index (χ0v) is 13.1. The fourth-order valence-corrected chi connectivity index (χ4v) is 3.77. The van der Waals surface area contributed by atoms with Gasteiger partial charge in [0.05, 0.1) is 5.92 Å². The standard InChI is InChI=1S/C16H30F3N/c1-4-11-20-15(12(5-2)6-3)13-9-7-8-10-14(13)16(17,18)19/h12-15,20H,4-11H2,1-3H3. The first kappa shape index (κ1) is 17.8. The molecule has 0 radical (unpaired) electrons. The number of hydrogen-bond acceptors (Lipinski definition) is 1. The number of alkyl halides is 3. The van der Waals surface area contributed by atoms with Crippen LogP contribution in [0.4, 0.5) is 13.2 Å². The normalized spacial score (nSPS) is 25.9. The van der Waals surface area contributed by atoms with E-state index in [4.69, 9.17) is 0 Å². The third-order valence-corrected chi connectivity index (χ3v) is 4.89. The summed E-state index contributed by atoms with van der Waals surface area (Å²) in [6, 6.07) is 0.0249. The Kier molecular flexibility index (Phi) is 7.35. The second-order valence-electron chi connectivity index (χ2n) is 6.15. The van der Waals surface area contributed by atoms with Crippen molar-refractivity contribution in [1.82, 2.24) is 5.32 Å². The van der Waals surface area contributed by atoms with Crippen LogP contribution in [0.15, 0.2) is 0 Å². The number of rotatable bonds is 7. The van der Waals surface area contributed by atoms with E-state index in [9.17, 15) is 13.2 Å². The fourth-order valence-electron chi connectivity index (χ4n) is 3.77. The van der Waals surface area contributed by atoms with Gasteiger partial charge in [-0.2, -0.15) is 13.2 Å². The predicted octanol–water partition coefficient (Wildman–Crippen LogP) is 5.16. The van der Waals surface area contributed by atoms with Gasteiger partial charge in [0, 0.05) is 6.04 Å². The molecule has 120 valence electrons. The molecular weight excluding hydrogens is 263 g/mol. The van der Waals surface area contributed by atoms with Crippen LogP contribution in [0.1, 0.15) is 65.7 Å². The zero-order chi connectivity index (χ0) is 15.2. The van der Waals surface area contributed by atoms with E-state index in [1.807, 2.05) is 0 Å². The molecule has 1 nitrogen and oxygen atoms in total. The Morgan fingerprint density at radius 3 is 2.15 bits per heavy atom. The summed E-state index contributed by atoms with van der Waals surface area (Å²) in [4.78, 5) is 0. The van der Waals surface area contributed by atoms with Crippen molar-refractivity contribution in [3.05, 3.63) is 0 Å². The Bertz CT molecular complexity index is 261. The number of hydrogen-bond donors (Lipinski definition) is 1. The van der Waals surface area contributed by atoms with Gasteiger partial charge < -0.3 is 5.32 Å². The Hall–Kier alpha value is -0.250. The van der Waals surface area contributed by atoms with Crippen LogP contribution in [0.3, 0.4) is 0 Å². The van der Waals surface area contributed by atoms with Crippen molar-refractivity contribution >= 4 is 0 Å². The van der Waals surface area contributed by atoms with Crippen LogP contribution in [0.5, 0.6) is 0 Å². The topological polar surface area (TPSA) is 12.0 Å². The maximum atomic E-state index is 13.3.